The van der Waals surface area contributed by atoms with Crippen LogP contribution in [0.15, 0.2) is 48.5 Å². The predicted molar refractivity (Wildman–Crippen MR) is 117 cm³/mol. The highest BCUT2D eigenvalue weighted by Gasteiger charge is 2.48. The van der Waals surface area contributed by atoms with Crippen LogP contribution in [0.1, 0.15) is 71.9 Å². The monoisotopic (exact) mass is 380 g/mol. The van der Waals surface area contributed by atoms with E-state index in [0.717, 1.165) is 12.8 Å². The van der Waals surface area contributed by atoms with Crippen molar-refractivity contribution in [3.8, 4) is 11.5 Å². The van der Waals surface area contributed by atoms with E-state index in [1.165, 1.54) is 17.5 Å². The minimum absolute atomic E-state index is 0.116. The zero-order valence-corrected chi connectivity index (χ0v) is 18.3. The SMILES string of the molecule is CC(C)(C)C1CC(C(C)(C)C)CC(c2ccc(O)cc2)(c2ccc(O)cc2)C1. The topological polar surface area (TPSA) is 40.5 Å². The van der Waals surface area contributed by atoms with Crippen LogP contribution in [0, 0.1) is 22.7 Å². The zero-order valence-electron chi connectivity index (χ0n) is 18.3. The van der Waals surface area contributed by atoms with E-state index in [2.05, 4.69) is 65.8 Å². The average molecular weight is 381 g/mol. The molecule has 1 aliphatic rings. The molecular weight excluding hydrogens is 344 g/mol. The van der Waals surface area contributed by atoms with Crippen LogP contribution in [0.5, 0.6) is 11.5 Å². The van der Waals surface area contributed by atoms with Gasteiger partial charge in [0.05, 0.1) is 0 Å². The van der Waals surface area contributed by atoms with Crippen molar-refractivity contribution in [3.63, 3.8) is 0 Å². The van der Waals surface area contributed by atoms with Gasteiger partial charge in [0.15, 0.2) is 0 Å². The van der Waals surface area contributed by atoms with Crippen LogP contribution >= 0.6 is 0 Å². The van der Waals surface area contributed by atoms with Crippen LogP contribution in [0.3, 0.4) is 0 Å². The molecular formula is C26H36O2. The van der Waals surface area contributed by atoms with Gasteiger partial charge < -0.3 is 10.2 Å². The van der Waals surface area contributed by atoms with Crippen molar-refractivity contribution < 1.29 is 10.2 Å². The van der Waals surface area contributed by atoms with Gasteiger partial charge in [0.25, 0.3) is 0 Å². The molecule has 28 heavy (non-hydrogen) atoms. The maximum Gasteiger partial charge on any atom is 0.115 e. The molecule has 0 amide bonds. The van der Waals surface area contributed by atoms with Crippen LogP contribution in [0.4, 0.5) is 0 Å². The van der Waals surface area contributed by atoms with Gasteiger partial charge in [-0.1, -0.05) is 65.8 Å². The van der Waals surface area contributed by atoms with E-state index in [4.69, 9.17) is 0 Å². The van der Waals surface area contributed by atoms with Gasteiger partial charge in [0.2, 0.25) is 0 Å². The zero-order chi connectivity index (χ0) is 20.7. The van der Waals surface area contributed by atoms with Crippen molar-refractivity contribution in [1.82, 2.24) is 0 Å². The summed E-state index contributed by atoms with van der Waals surface area (Å²) in [7, 11) is 0. The van der Waals surface area contributed by atoms with Gasteiger partial charge in [0.1, 0.15) is 11.5 Å². The molecule has 0 bridgehead atoms. The molecule has 0 aromatic heterocycles. The maximum atomic E-state index is 9.88. The standard InChI is InChI=1S/C26H36O2/c1-24(2,3)20-15-21(25(4,5)6)17-26(16-20,18-7-11-22(27)12-8-18)19-9-13-23(28)14-10-19/h7-14,20-21,27-28H,15-17H2,1-6H3. The molecule has 0 aliphatic heterocycles. The number of aromatic hydroxyl groups is 2. The molecule has 0 saturated heterocycles. The van der Waals surface area contributed by atoms with Crippen LogP contribution in [0.2, 0.25) is 0 Å². The number of phenols is 2. The summed E-state index contributed by atoms with van der Waals surface area (Å²) < 4.78 is 0. The molecule has 0 heterocycles. The van der Waals surface area contributed by atoms with Crippen molar-refractivity contribution >= 4 is 0 Å². The Balaban J connectivity index is 2.20. The summed E-state index contributed by atoms with van der Waals surface area (Å²) in [6, 6.07) is 15.6. The Hall–Kier alpha value is -1.96. The Morgan fingerprint density at radius 3 is 1.25 bits per heavy atom. The Morgan fingerprint density at radius 2 is 0.964 bits per heavy atom. The summed E-state index contributed by atoms with van der Waals surface area (Å²) in [6.45, 7) is 14.2. The third-order valence-corrected chi connectivity index (χ3v) is 7.05. The van der Waals surface area contributed by atoms with Crippen LogP contribution in [-0.2, 0) is 5.41 Å². The average Bonchev–Trinajstić information content (AvgIpc) is 2.61. The molecule has 3 rings (SSSR count). The maximum absolute atomic E-state index is 9.88. The summed E-state index contributed by atoms with van der Waals surface area (Å²) >= 11 is 0. The highest BCUT2D eigenvalue weighted by Crippen LogP contribution is 2.56. The quantitative estimate of drug-likeness (QED) is 0.595. The molecule has 2 aromatic carbocycles. The summed E-state index contributed by atoms with van der Waals surface area (Å²) in [4.78, 5) is 0. The van der Waals surface area contributed by atoms with Crippen molar-refractivity contribution in [2.24, 2.45) is 22.7 Å². The molecule has 2 atom stereocenters. The fourth-order valence-corrected chi connectivity index (χ4v) is 4.95. The Bertz CT molecular complexity index is 719. The second-order valence-corrected chi connectivity index (χ2v) is 10.9. The minimum Gasteiger partial charge on any atom is -0.508 e. The van der Waals surface area contributed by atoms with Gasteiger partial charge in [-0.2, -0.15) is 0 Å². The van der Waals surface area contributed by atoms with Crippen molar-refractivity contribution in [2.45, 2.75) is 66.2 Å². The van der Waals surface area contributed by atoms with Crippen molar-refractivity contribution in [3.05, 3.63) is 59.7 Å². The third-order valence-electron chi connectivity index (χ3n) is 7.05. The van der Waals surface area contributed by atoms with Crippen molar-refractivity contribution in [2.75, 3.05) is 0 Å². The predicted octanol–water partition coefficient (Wildman–Crippen LogP) is 6.89. The normalized spacial score (nSPS) is 22.8. The lowest BCUT2D eigenvalue weighted by atomic mass is 9.52. The fraction of sp³-hybridized carbons (Fsp3) is 0.538. The molecule has 0 radical (unpaired) electrons. The Kier molecular flexibility index (Phi) is 5.29. The van der Waals surface area contributed by atoms with E-state index in [9.17, 15) is 10.2 Å². The van der Waals surface area contributed by atoms with E-state index in [-0.39, 0.29) is 16.2 Å². The van der Waals surface area contributed by atoms with Gasteiger partial charge in [-0.3, -0.25) is 0 Å². The first kappa shape index (κ1) is 20.8. The van der Waals surface area contributed by atoms with Crippen LogP contribution in [-0.4, -0.2) is 10.2 Å². The van der Waals surface area contributed by atoms with E-state index >= 15 is 0 Å². The third kappa shape index (κ3) is 4.06. The number of phenolic OH excluding ortho intramolecular Hbond substituents is 2. The molecule has 2 N–H and O–H groups in total. The molecule has 2 unspecified atom stereocenters. The smallest absolute Gasteiger partial charge is 0.115 e. The minimum atomic E-state index is -0.116. The highest BCUT2D eigenvalue weighted by atomic mass is 16.3. The number of benzene rings is 2. The molecule has 1 fully saturated rings. The van der Waals surface area contributed by atoms with Crippen LogP contribution < -0.4 is 0 Å². The Morgan fingerprint density at radius 1 is 0.643 bits per heavy atom. The lowest BCUT2D eigenvalue weighted by Crippen LogP contribution is -2.45. The van der Waals surface area contributed by atoms with Gasteiger partial charge in [-0.05, 0) is 77.3 Å². The van der Waals surface area contributed by atoms with Gasteiger partial charge in [-0.25, -0.2) is 0 Å². The number of rotatable bonds is 2. The second kappa shape index (κ2) is 7.13. The first-order chi connectivity index (χ1) is 12.9. The van der Waals surface area contributed by atoms with Crippen molar-refractivity contribution in [1.29, 1.82) is 0 Å². The van der Waals surface area contributed by atoms with Gasteiger partial charge in [-0.15, -0.1) is 0 Å². The van der Waals surface area contributed by atoms with E-state index < -0.39 is 0 Å². The molecule has 1 saturated carbocycles. The number of hydrogen-bond acceptors (Lipinski definition) is 2. The van der Waals surface area contributed by atoms with Gasteiger partial charge in [0, 0.05) is 5.41 Å². The molecule has 2 nitrogen and oxygen atoms in total. The van der Waals surface area contributed by atoms with Gasteiger partial charge >= 0.3 is 0 Å². The van der Waals surface area contributed by atoms with E-state index in [1.807, 2.05) is 24.3 Å². The molecule has 0 spiro atoms. The lowest BCUT2D eigenvalue weighted by molar-refractivity contribution is 0.0458. The molecule has 152 valence electrons. The molecule has 2 heteroatoms. The Labute approximate surface area is 170 Å². The summed E-state index contributed by atoms with van der Waals surface area (Å²) in [6.07, 6.45) is 3.40. The van der Waals surface area contributed by atoms with E-state index in [1.54, 1.807) is 0 Å². The number of hydrogen-bond donors (Lipinski definition) is 2. The highest BCUT2D eigenvalue weighted by molar-refractivity contribution is 5.44. The lowest BCUT2D eigenvalue weighted by Gasteiger charge is -2.52. The summed E-state index contributed by atoms with van der Waals surface area (Å²) in [5.41, 5.74) is 2.86. The fourth-order valence-electron chi connectivity index (χ4n) is 4.95. The first-order valence-electron chi connectivity index (χ1n) is 10.5. The summed E-state index contributed by atoms with van der Waals surface area (Å²) in [5, 5.41) is 19.8. The molecule has 1 aliphatic carbocycles. The summed E-state index contributed by atoms with van der Waals surface area (Å²) in [5.74, 6) is 1.79. The first-order valence-corrected chi connectivity index (χ1v) is 10.5. The van der Waals surface area contributed by atoms with E-state index in [0.29, 0.717) is 23.3 Å². The molecule has 2 aromatic rings. The van der Waals surface area contributed by atoms with Crippen LogP contribution in [0.25, 0.3) is 0 Å². The second-order valence-electron chi connectivity index (χ2n) is 10.9. The largest absolute Gasteiger partial charge is 0.508 e.